The summed E-state index contributed by atoms with van der Waals surface area (Å²) in [7, 11) is 0. The summed E-state index contributed by atoms with van der Waals surface area (Å²) < 4.78 is 0.913. The zero-order valence-corrected chi connectivity index (χ0v) is 16.9. The van der Waals surface area contributed by atoms with Crippen LogP contribution in [0.1, 0.15) is 28.8 Å². The Kier molecular flexibility index (Phi) is 6.08. The lowest BCUT2D eigenvalue weighted by Crippen LogP contribution is -2.41. The quantitative estimate of drug-likeness (QED) is 0.564. The lowest BCUT2D eigenvalue weighted by atomic mass is 9.95. The number of nitro groups is 1. The van der Waals surface area contributed by atoms with Crippen molar-refractivity contribution in [2.75, 3.05) is 18.4 Å². The van der Waals surface area contributed by atoms with Crippen molar-refractivity contribution in [2.24, 2.45) is 5.92 Å². The van der Waals surface area contributed by atoms with Gasteiger partial charge < -0.3 is 10.2 Å². The van der Waals surface area contributed by atoms with Crippen LogP contribution in [0.15, 0.2) is 46.9 Å². The Bertz CT molecular complexity index is 906. The van der Waals surface area contributed by atoms with E-state index in [0.29, 0.717) is 37.2 Å². The van der Waals surface area contributed by atoms with Crippen molar-refractivity contribution in [3.05, 3.63) is 68.2 Å². The summed E-state index contributed by atoms with van der Waals surface area (Å²) in [5, 5.41) is 13.7. The Hall–Kier alpha value is -2.74. The lowest BCUT2D eigenvalue weighted by Gasteiger charge is -2.31. The number of carbonyl (C=O) groups excluding carboxylic acids is 2. The Morgan fingerprint density at radius 2 is 1.79 bits per heavy atom. The van der Waals surface area contributed by atoms with Gasteiger partial charge in [0, 0.05) is 41.2 Å². The summed E-state index contributed by atoms with van der Waals surface area (Å²) in [4.78, 5) is 37.4. The van der Waals surface area contributed by atoms with E-state index < -0.39 is 4.92 Å². The standard InChI is InChI=1S/C20H20BrN3O4/c1-13-2-7-17(24(27)28)12-18(13)22-19(25)14-8-10-23(11-9-14)20(26)15-3-5-16(21)6-4-15/h2-7,12,14H,8-11H2,1H3,(H,22,25). The van der Waals surface area contributed by atoms with Crippen molar-refractivity contribution in [3.8, 4) is 0 Å². The van der Waals surface area contributed by atoms with Gasteiger partial charge in [-0.2, -0.15) is 0 Å². The molecule has 28 heavy (non-hydrogen) atoms. The number of nitrogens with one attached hydrogen (secondary N) is 1. The summed E-state index contributed by atoms with van der Waals surface area (Å²) in [6.07, 6.45) is 1.12. The molecule has 1 aliphatic heterocycles. The average Bonchev–Trinajstić information content (AvgIpc) is 2.69. The highest BCUT2D eigenvalue weighted by Crippen LogP contribution is 2.25. The molecule has 0 bridgehead atoms. The first-order valence-corrected chi connectivity index (χ1v) is 9.75. The van der Waals surface area contributed by atoms with Crippen LogP contribution >= 0.6 is 15.9 Å². The summed E-state index contributed by atoms with van der Waals surface area (Å²) in [5.41, 5.74) is 1.78. The van der Waals surface area contributed by atoms with E-state index in [2.05, 4.69) is 21.2 Å². The minimum atomic E-state index is -0.485. The second kappa shape index (κ2) is 8.52. The number of anilines is 1. The number of hydrogen-bond acceptors (Lipinski definition) is 4. The van der Waals surface area contributed by atoms with Crippen molar-refractivity contribution in [3.63, 3.8) is 0 Å². The third-order valence-electron chi connectivity index (χ3n) is 4.93. The molecule has 0 atom stereocenters. The molecule has 2 aromatic carbocycles. The molecule has 1 fully saturated rings. The highest BCUT2D eigenvalue weighted by Gasteiger charge is 2.28. The maximum Gasteiger partial charge on any atom is 0.271 e. The van der Waals surface area contributed by atoms with Crippen LogP contribution in [0.4, 0.5) is 11.4 Å². The monoisotopic (exact) mass is 445 g/mol. The van der Waals surface area contributed by atoms with Gasteiger partial charge in [0.15, 0.2) is 0 Å². The van der Waals surface area contributed by atoms with E-state index in [9.17, 15) is 19.7 Å². The second-order valence-electron chi connectivity index (χ2n) is 6.82. The Balaban J connectivity index is 1.59. The number of rotatable bonds is 4. The number of amides is 2. The molecule has 1 aliphatic rings. The number of non-ortho nitro benzene ring substituents is 1. The number of nitrogens with zero attached hydrogens (tertiary/aromatic N) is 2. The Morgan fingerprint density at radius 3 is 2.39 bits per heavy atom. The smallest absolute Gasteiger partial charge is 0.271 e. The van der Waals surface area contributed by atoms with Gasteiger partial charge in [0.2, 0.25) is 5.91 Å². The van der Waals surface area contributed by atoms with Gasteiger partial charge in [0.1, 0.15) is 0 Å². The van der Waals surface area contributed by atoms with Crippen LogP contribution in [0, 0.1) is 23.0 Å². The predicted octanol–water partition coefficient (Wildman–Crippen LogP) is 4.16. The fourth-order valence-corrected chi connectivity index (χ4v) is 3.48. The van der Waals surface area contributed by atoms with Crippen LogP contribution < -0.4 is 5.32 Å². The lowest BCUT2D eigenvalue weighted by molar-refractivity contribution is -0.384. The van der Waals surface area contributed by atoms with E-state index in [-0.39, 0.29) is 23.4 Å². The minimum Gasteiger partial charge on any atom is -0.339 e. The molecular formula is C20H20BrN3O4. The van der Waals surface area contributed by atoms with Crippen molar-refractivity contribution in [2.45, 2.75) is 19.8 Å². The van der Waals surface area contributed by atoms with Gasteiger partial charge in [0.25, 0.3) is 11.6 Å². The minimum absolute atomic E-state index is 0.0408. The third kappa shape index (κ3) is 4.56. The van der Waals surface area contributed by atoms with Gasteiger partial charge in [-0.3, -0.25) is 19.7 Å². The van der Waals surface area contributed by atoms with Crippen LogP contribution in [-0.2, 0) is 4.79 Å². The van der Waals surface area contributed by atoms with E-state index in [1.54, 1.807) is 30.0 Å². The Morgan fingerprint density at radius 1 is 1.14 bits per heavy atom. The first kappa shape index (κ1) is 20.0. The summed E-state index contributed by atoms with van der Waals surface area (Å²) >= 11 is 3.35. The van der Waals surface area contributed by atoms with Gasteiger partial charge >= 0.3 is 0 Å². The maximum atomic E-state index is 12.6. The summed E-state index contributed by atoms with van der Waals surface area (Å²) in [5.74, 6) is -0.437. The summed E-state index contributed by atoms with van der Waals surface area (Å²) in [6, 6.07) is 11.6. The number of benzene rings is 2. The number of likely N-dealkylation sites (tertiary alicyclic amines) is 1. The molecule has 0 aromatic heterocycles. The van der Waals surface area contributed by atoms with Crippen molar-refractivity contribution >= 4 is 39.1 Å². The molecule has 7 nitrogen and oxygen atoms in total. The van der Waals surface area contributed by atoms with Crippen molar-refractivity contribution < 1.29 is 14.5 Å². The van der Waals surface area contributed by atoms with Crippen molar-refractivity contribution in [1.29, 1.82) is 0 Å². The molecule has 146 valence electrons. The van der Waals surface area contributed by atoms with E-state index >= 15 is 0 Å². The van der Waals surface area contributed by atoms with Crippen LogP contribution in [0.3, 0.4) is 0 Å². The summed E-state index contributed by atoms with van der Waals surface area (Å²) in [6.45, 7) is 2.79. The molecule has 0 spiro atoms. The van der Waals surface area contributed by atoms with E-state index in [1.807, 2.05) is 12.1 Å². The Labute approximate surface area is 171 Å². The molecule has 3 rings (SSSR count). The van der Waals surface area contributed by atoms with E-state index in [4.69, 9.17) is 0 Å². The van der Waals surface area contributed by atoms with E-state index in [1.165, 1.54) is 12.1 Å². The molecule has 2 aromatic rings. The molecule has 8 heteroatoms. The van der Waals surface area contributed by atoms with Crippen LogP contribution in [0.2, 0.25) is 0 Å². The topological polar surface area (TPSA) is 92.6 Å². The van der Waals surface area contributed by atoms with Gasteiger partial charge in [-0.05, 0) is 49.6 Å². The zero-order chi connectivity index (χ0) is 20.3. The van der Waals surface area contributed by atoms with Crippen LogP contribution in [-0.4, -0.2) is 34.7 Å². The van der Waals surface area contributed by atoms with Crippen LogP contribution in [0.5, 0.6) is 0 Å². The maximum absolute atomic E-state index is 12.6. The number of aryl methyl sites for hydroxylation is 1. The van der Waals surface area contributed by atoms with Gasteiger partial charge in [-0.25, -0.2) is 0 Å². The highest BCUT2D eigenvalue weighted by molar-refractivity contribution is 9.10. The third-order valence-corrected chi connectivity index (χ3v) is 5.46. The molecule has 1 heterocycles. The normalized spacial score (nSPS) is 14.6. The van der Waals surface area contributed by atoms with Crippen molar-refractivity contribution in [1.82, 2.24) is 4.90 Å². The first-order valence-electron chi connectivity index (χ1n) is 8.96. The van der Waals surface area contributed by atoms with E-state index in [0.717, 1.165) is 10.0 Å². The van der Waals surface area contributed by atoms with Gasteiger partial charge in [-0.1, -0.05) is 22.0 Å². The average molecular weight is 446 g/mol. The zero-order valence-electron chi connectivity index (χ0n) is 15.4. The molecule has 2 amide bonds. The molecule has 0 aliphatic carbocycles. The SMILES string of the molecule is Cc1ccc([N+](=O)[O-])cc1NC(=O)C1CCN(C(=O)c2ccc(Br)cc2)CC1. The highest BCUT2D eigenvalue weighted by atomic mass is 79.9. The molecule has 0 radical (unpaired) electrons. The van der Waals surface area contributed by atoms with Gasteiger partial charge in [0.05, 0.1) is 10.6 Å². The number of nitro benzene ring substituents is 1. The molecular weight excluding hydrogens is 426 g/mol. The number of piperidine rings is 1. The molecule has 0 unspecified atom stereocenters. The fraction of sp³-hybridized carbons (Fsp3) is 0.300. The van der Waals surface area contributed by atoms with Crippen LogP contribution in [0.25, 0.3) is 0 Å². The fourth-order valence-electron chi connectivity index (χ4n) is 3.21. The second-order valence-corrected chi connectivity index (χ2v) is 7.73. The first-order chi connectivity index (χ1) is 13.3. The molecule has 0 saturated carbocycles. The number of hydrogen-bond donors (Lipinski definition) is 1. The van der Waals surface area contributed by atoms with Gasteiger partial charge in [-0.15, -0.1) is 0 Å². The molecule has 1 saturated heterocycles. The number of halogens is 1. The largest absolute Gasteiger partial charge is 0.339 e. The number of carbonyl (C=O) groups is 2. The molecule has 1 N–H and O–H groups in total. The predicted molar refractivity (Wildman–Crippen MR) is 109 cm³/mol.